The highest BCUT2D eigenvalue weighted by Gasteiger charge is 2.19. The van der Waals surface area contributed by atoms with E-state index >= 15 is 0 Å². The lowest BCUT2D eigenvalue weighted by Gasteiger charge is -2.15. The van der Waals surface area contributed by atoms with Crippen molar-refractivity contribution in [2.45, 2.75) is 65.3 Å². The third-order valence-corrected chi connectivity index (χ3v) is 6.33. The molecule has 1 atom stereocenters. The molecule has 33 heavy (non-hydrogen) atoms. The highest BCUT2D eigenvalue weighted by atomic mass is 16.1. The fourth-order valence-corrected chi connectivity index (χ4v) is 4.37. The minimum Gasteiger partial charge on any atom is -0.310 e. The maximum Gasteiger partial charge on any atom is 0.326 e. The van der Waals surface area contributed by atoms with Crippen LogP contribution in [0.4, 0.5) is 0 Å². The van der Waals surface area contributed by atoms with E-state index in [1.165, 1.54) is 12.8 Å². The molecule has 4 aromatic rings. The first-order valence-electron chi connectivity index (χ1n) is 11.9. The lowest BCUT2D eigenvalue weighted by Crippen LogP contribution is -2.20. The molecule has 0 saturated carbocycles. The molecule has 2 aromatic heterocycles. The van der Waals surface area contributed by atoms with Gasteiger partial charge in [-0.1, -0.05) is 82.1 Å². The Hall–Kier alpha value is -3.48. The van der Waals surface area contributed by atoms with E-state index in [1.807, 2.05) is 22.8 Å². The normalized spacial score (nSPS) is 12.2. The van der Waals surface area contributed by atoms with Gasteiger partial charge in [-0.05, 0) is 47.1 Å². The number of aryl methyl sites for hydroxylation is 1. The van der Waals surface area contributed by atoms with Crippen molar-refractivity contribution < 1.29 is 0 Å². The summed E-state index contributed by atoms with van der Waals surface area (Å²) in [6.45, 7) is 7.15. The van der Waals surface area contributed by atoms with Gasteiger partial charge in [0.2, 0.25) is 5.82 Å². The van der Waals surface area contributed by atoms with Crippen molar-refractivity contribution in [1.82, 2.24) is 30.2 Å². The van der Waals surface area contributed by atoms with Crippen LogP contribution >= 0.6 is 0 Å². The number of hydrogen-bond donors (Lipinski definition) is 2. The topological polar surface area (TPSA) is 92.2 Å². The van der Waals surface area contributed by atoms with E-state index < -0.39 is 0 Å². The van der Waals surface area contributed by atoms with E-state index in [0.717, 1.165) is 52.9 Å². The number of imidazole rings is 1. The fraction of sp³-hybridized carbons (Fsp3) is 0.385. The summed E-state index contributed by atoms with van der Waals surface area (Å²) in [6, 6.07) is 16.4. The van der Waals surface area contributed by atoms with Gasteiger partial charge in [-0.2, -0.15) is 5.21 Å². The van der Waals surface area contributed by atoms with E-state index in [4.69, 9.17) is 0 Å². The highest BCUT2D eigenvalue weighted by molar-refractivity contribution is 5.80. The van der Waals surface area contributed by atoms with E-state index in [0.29, 0.717) is 18.3 Å². The second-order valence-corrected chi connectivity index (χ2v) is 8.62. The number of tetrazole rings is 1. The van der Waals surface area contributed by atoms with E-state index in [9.17, 15) is 4.79 Å². The van der Waals surface area contributed by atoms with Gasteiger partial charge in [0, 0.05) is 17.0 Å². The number of aromatic amines is 2. The summed E-state index contributed by atoms with van der Waals surface area (Å²) in [6.07, 6.45) is 5.39. The van der Waals surface area contributed by atoms with Crippen LogP contribution in [0.25, 0.3) is 22.5 Å². The van der Waals surface area contributed by atoms with Gasteiger partial charge in [-0.25, -0.2) is 4.79 Å². The number of nitrogens with one attached hydrogen (secondary N) is 2. The first-order valence-corrected chi connectivity index (χ1v) is 11.9. The van der Waals surface area contributed by atoms with Crippen LogP contribution in [-0.2, 0) is 13.0 Å². The maximum atomic E-state index is 12.9. The Bertz CT molecular complexity index is 1220. The standard InChI is InChI=1S/C26H32N6O/c1-4-6-7-12-23-24(18(3)5-2)32(26(33)27-23)17-19-13-15-20(16-14-19)21-10-8-9-11-22(21)25-28-30-31-29-25/h8-11,13-16,18H,4-7,12,17H2,1-3H3,(H,27,33)(H,28,29,30,31). The summed E-state index contributed by atoms with van der Waals surface area (Å²) in [7, 11) is 0. The zero-order valence-electron chi connectivity index (χ0n) is 19.6. The van der Waals surface area contributed by atoms with Crippen molar-refractivity contribution >= 4 is 0 Å². The number of H-pyrrole nitrogens is 2. The lowest BCUT2D eigenvalue weighted by atomic mass is 9.98. The summed E-state index contributed by atoms with van der Waals surface area (Å²) in [5.74, 6) is 0.907. The summed E-state index contributed by atoms with van der Waals surface area (Å²) in [5, 5.41) is 14.5. The van der Waals surface area contributed by atoms with Gasteiger partial charge < -0.3 is 4.98 Å². The van der Waals surface area contributed by atoms with Gasteiger partial charge in [-0.3, -0.25) is 4.57 Å². The molecule has 0 bridgehead atoms. The predicted octanol–water partition coefficient (Wildman–Crippen LogP) is 5.32. The molecule has 1 unspecified atom stereocenters. The molecule has 7 nitrogen and oxygen atoms in total. The molecular weight excluding hydrogens is 412 g/mol. The van der Waals surface area contributed by atoms with Crippen molar-refractivity contribution in [3.8, 4) is 22.5 Å². The summed E-state index contributed by atoms with van der Waals surface area (Å²) >= 11 is 0. The number of aromatic nitrogens is 6. The Kier molecular flexibility index (Phi) is 7.17. The van der Waals surface area contributed by atoms with Gasteiger partial charge in [0.15, 0.2) is 0 Å². The first kappa shape index (κ1) is 22.7. The molecule has 172 valence electrons. The number of rotatable bonds is 10. The second kappa shape index (κ2) is 10.4. The molecule has 4 rings (SSSR count). The van der Waals surface area contributed by atoms with Crippen LogP contribution in [0, 0.1) is 0 Å². The third kappa shape index (κ3) is 4.97. The van der Waals surface area contributed by atoms with Crippen LogP contribution in [-0.4, -0.2) is 30.2 Å². The van der Waals surface area contributed by atoms with Crippen molar-refractivity contribution in [1.29, 1.82) is 0 Å². The first-order chi connectivity index (χ1) is 16.1. The van der Waals surface area contributed by atoms with Crippen molar-refractivity contribution in [3.63, 3.8) is 0 Å². The van der Waals surface area contributed by atoms with Gasteiger partial charge in [0.1, 0.15) is 0 Å². The lowest BCUT2D eigenvalue weighted by molar-refractivity contribution is 0.616. The Balaban J connectivity index is 1.61. The molecule has 0 amide bonds. The summed E-state index contributed by atoms with van der Waals surface area (Å²) in [4.78, 5) is 16.0. The second-order valence-electron chi connectivity index (χ2n) is 8.62. The zero-order valence-corrected chi connectivity index (χ0v) is 19.6. The predicted molar refractivity (Wildman–Crippen MR) is 131 cm³/mol. The molecule has 2 N–H and O–H groups in total. The van der Waals surface area contributed by atoms with Crippen LogP contribution in [0.15, 0.2) is 53.3 Å². The average molecular weight is 445 g/mol. The van der Waals surface area contributed by atoms with Gasteiger partial charge in [0.25, 0.3) is 0 Å². The van der Waals surface area contributed by atoms with Crippen LogP contribution in [0.3, 0.4) is 0 Å². The quantitative estimate of drug-likeness (QED) is 0.324. The Morgan fingerprint density at radius 2 is 1.76 bits per heavy atom. The number of benzene rings is 2. The van der Waals surface area contributed by atoms with Crippen molar-refractivity contribution in [2.75, 3.05) is 0 Å². The van der Waals surface area contributed by atoms with Crippen LogP contribution in [0.1, 0.15) is 69.3 Å². The molecule has 2 heterocycles. The Labute approximate surface area is 194 Å². The Morgan fingerprint density at radius 3 is 2.42 bits per heavy atom. The van der Waals surface area contributed by atoms with Gasteiger partial charge in [-0.15, -0.1) is 10.2 Å². The SMILES string of the molecule is CCCCCc1[nH]c(=O)n(Cc2ccc(-c3ccccc3-c3nn[nH]n3)cc2)c1C(C)CC. The smallest absolute Gasteiger partial charge is 0.310 e. The highest BCUT2D eigenvalue weighted by Crippen LogP contribution is 2.30. The summed E-state index contributed by atoms with van der Waals surface area (Å²) in [5.41, 5.74) is 6.39. The molecule has 0 aliphatic rings. The van der Waals surface area contributed by atoms with Crippen molar-refractivity contribution in [3.05, 3.63) is 76.0 Å². The minimum absolute atomic E-state index is 0.0108. The van der Waals surface area contributed by atoms with Crippen LogP contribution in [0.2, 0.25) is 0 Å². The van der Waals surface area contributed by atoms with Crippen LogP contribution in [0.5, 0.6) is 0 Å². The molecule has 0 fully saturated rings. The van der Waals surface area contributed by atoms with Gasteiger partial charge in [0.05, 0.1) is 6.54 Å². The Morgan fingerprint density at radius 1 is 1.00 bits per heavy atom. The number of unbranched alkanes of at least 4 members (excludes halogenated alkanes) is 2. The molecule has 0 radical (unpaired) electrons. The minimum atomic E-state index is -0.0108. The van der Waals surface area contributed by atoms with Crippen LogP contribution < -0.4 is 5.69 Å². The number of nitrogens with zero attached hydrogens (tertiary/aromatic N) is 4. The zero-order chi connectivity index (χ0) is 23.2. The third-order valence-electron chi connectivity index (χ3n) is 6.33. The molecule has 0 aliphatic heterocycles. The van der Waals surface area contributed by atoms with Crippen molar-refractivity contribution in [2.24, 2.45) is 0 Å². The number of hydrogen-bond acceptors (Lipinski definition) is 4. The molecule has 2 aromatic carbocycles. The molecule has 0 saturated heterocycles. The molecule has 0 aliphatic carbocycles. The molecule has 0 spiro atoms. The summed E-state index contributed by atoms with van der Waals surface area (Å²) < 4.78 is 1.93. The largest absolute Gasteiger partial charge is 0.326 e. The molecular formula is C26H32N6O. The van der Waals surface area contributed by atoms with E-state index in [-0.39, 0.29) is 5.69 Å². The average Bonchev–Trinajstić information content (AvgIpc) is 3.48. The monoisotopic (exact) mass is 444 g/mol. The maximum absolute atomic E-state index is 12.9. The molecule has 7 heteroatoms. The van der Waals surface area contributed by atoms with E-state index in [1.54, 1.807) is 0 Å². The van der Waals surface area contributed by atoms with E-state index in [2.05, 4.69) is 76.7 Å². The fourth-order valence-electron chi connectivity index (χ4n) is 4.37. The van der Waals surface area contributed by atoms with Gasteiger partial charge >= 0.3 is 5.69 Å².